The van der Waals surface area contributed by atoms with E-state index in [1.165, 1.54) is 0 Å². The second kappa shape index (κ2) is 6.30. The molecule has 0 aromatic rings. The molecule has 4 nitrogen and oxygen atoms in total. The summed E-state index contributed by atoms with van der Waals surface area (Å²) in [6, 6.07) is -0.480. The monoisotopic (exact) mass is 295 g/mol. The van der Waals surface area contributed by atoms with Gasteiger partial charge in [-0.3, -0.25) is 9.69 Å². The van der Waals surface area contributed by atoms with Crippen LogP contribution in [0.4, 0.5) is 13.2 Å². The smallest absolute Gasteiger partial charge is 0.330 e. The summed E-state index contributed by atoms with van der Waals surface area (Å²) in [5.74, 6) is -0.466. The minimum atomic E-state index is -4.38. The Hall–Kier alpha value is -0.820. The molecule has 1 saturated heterocycles. The molecule has 1 fully saturated rings. The molecule has 1 N–H and O–H groups in total. The summed E-state index contributed by atoms with van der Waals surface area (Å²) in [5, 5.41) is 3.17. The van der Waals surface area contributed by atoms with Gasteiger partial charge < -0.3 is 10.2 Å². The number of piperazine rings is 1. The van der Waals surface area contributed by atoms with E-state index in [9.17, 15) is 18.0 Å². The van der Waals surface area contributed by atoms with Crippen LogP contribution >= 0.6 is 0 Å². The summed E-state index contributed by atoms with van der Waals surface area (Å²) >= 11 is 0. The van der Waals surface area contributed by atoms with E-state index in [-0.39, 0.29) is 0 Å². The van der Waals surface area contributed by atoms with Crippen molar-refractivity contribution in [2.45, 2.75) is 45.5 Å². The lowest BCUT2D eigenvalue weighted by atomic mass is 9.98. The molecule has 1 rings (SSSR count). The van der Waals surface area contributed by atoms with E-state index in [0.717, 1.165) is 18.0 Å². The van der Waals surface area contributed by atoms with Gasteiger partial charge in [-0.15, -0.1) is 0 Å². The van der Waals surface area contributed by atoms with Crippen molar-refractivity contribution in [3.05, 3.63) is 0 Å². The Morgan fingerprint density at radius 3 is 2.15 bits per heavy atom. The second-order valence-electron chi connectivity index (χ2n) is 5.94. The maximum Gasteiger partial charge on any atom is 0.406 e. The van der Waals surface area contributed by atoms with Crippen molar-refractivity contribution >= 4 is 5.91 Å². The third kappa shape index (κ3) is 4.34. The largest absolute Gasteiger partial charge is 0.406 e. The SMILES string of the molecule is CC(C)N(CC(F)(F)F)C(=O)C(C)(C)N1CCNCC1. The lowest BCUT2D eigenvalue weighted by Gasteiger charge is -2.43. The molecule has 7 heteroatoms. The van der Waals surface area contributed by atoms with E-state index in [4.69, 9.17) is 0 Å². The number of hydrogen-bond donors (Lipinski definition) is 1. The number of rotatable bonds is 4. The first-order chi connectivity index (χ1) is 9.05. The molecule has 0 radical (unpaired) electrons. The number of nitrogens with zero attached hydrogens (tertiary/aromatic N) is 2. The normalized spacial score (nSPS) is 18.4. The number of alkyl halides is 3. The van der Waals surface area contributed by atoms with Gasteiger partial charge in [0.1, 0.15) is 6.54 Å². The molecule has 1 heterocycles. The Kier molecular flexibility index (Phi) is 5.43. The number of nitrogens with one attached hydrogen (secondary N) is 1. The van der Waals surface area contributed by atoms with Crippen LogP contribution in [0, 0.1) is 0 Å². The van der Waals surface area contributed by atoms with Gasteiger partial charge in [-0.25, -0.2) is 0 Å². The van der Waals surface area contributed by atoms with Crippen molar-refractivity contribution in [3.63, 3.8) is 0 Å². The predicted octanol–water partition coefficient (Wildman–Crippen LogP) is 1.47. The fraction of sp³-hybridized carbons (Fsp3) is 0.923. The summed E-state index contributed by atoms with van der Waals surface area (Å²) in [5.41, 5.74) is -0.919. The van der Waals surface area contributed by atoms with E-state index in [1.807, 2.05) is 4.90 Å². The average Bonchev–Trinajstić information content (AvgIpc) is 2.35. The highest BCUT2D eigenvalue weighted by molar-refractivity contribution is 5.85. The van der Waals surface area contributed by atoms with E-state index in [1.54, 1.807) is 27.7 Å². The average molecular weight is 295 g/mol. The lowest BCUT2D eigenvalue weighted by Crippen LogP contribution is -2.62. The zero-order chi connectivity index (χ0) is 15.6. The fourth-order valence-corrected chi connectivity index (χ4v) is 2.39. The van der Waals surface area contributed by atoms with Gasteiger partial charge in [0.2, 0.25) is 5.91 Å². The molecule has 0 aliphatic carbocycles. The molecule has 20 heavy (non-hydrogen) atoms. The van der Waals surface area contributed by atoms with Crippen LogP contribution < -0.4 is 5.32 Å². The zero-order valence-electron chi connectivity index (χ0n) is 12.5. The Morgan fingerprint density at radius 2 is 1.75 bits per heavy atom. The Labute approximate surface area is 118 Å². The van der Waals surface area contributed by atoms with Crippen LogP contribution in [0.5, 0.6) is 0 Å². The highest BCUT2D eigenvalue weighted by Gasteiger charge is 2.42. The van der Waals surface area contributed by atoms with Crippen molar-refractivity contribution in [2.75, 3.05) is 32.7 Å². The van der Waals surface area contributed by atoms with Gasteiger partial charge >= 0.3 is 6.18 Å². The molecular weight excluding hydrogens is 271 g/mol. The van der Waals surface area contributed by atoms with Crippen LogP contribution in [0.25, 0.3) is 0 Å². The quantitative estimate of drug-likeness (QED) is 0.853. The van der Waals surface area contributed by atoms with Gasteiger partial charge in [-0.05, 0) is 27.7 Å². The highest BCUT2D eigenvalue weighted by atomic mass is 19.4. The van der Waals surface area contributed by atoms with Gasteiger partial charge in [-0.1, -0.05) is 0 Å². The van der Waals surface area contributed by atoms with E-state index >= 15 is 0 Å². The van der Waals surface area contributed by atoms with Gasteiger partial charge in [0.25, 0.3) is 0 Å². The summed E-state index contributed by atoms with van der Waals surface area (Å²) in [4.78, 5) is 15.4. The van der Waals surface area contributed by atoms with Crippen LogP contribution in [-0.2, 0) is 4.79 Å². The summed E-state index contributed by atoms with van der Waals surface area (Å²) in [6.07, 6.45) is -4.38. The molecule has 0 aromatic heterocycles. The Bertz CT molecular complexity index is 336. The topological polar surface area (TPSA) is 35.6 Å². The second-order valence-corrected chi connectivity index (χ2v) is 5.94. The van der Waals surface area contributed by atoms with Gasteiger partial charge in [0.05, 0.1) is 5.54 Å². The molecule has 0 spiro atoms. The zero-order valence-corrected chi connectivity index (χ0v) is 12.5. The standard InChI is InChI=1S/C13H24F3N3O/c1-10(2)19(9-13(14,15)16)11(20)12(3,4)18-7-5-17-6-8-18/h10,17H,5-9H2,1-4H3. The highest BCUT2D eigenvalue weighted by Crippen LogP contribution is 2.24. The van der Waals surface area contributed by atoms with Crippen LogP contribution in [-0.4, -0.2) is 66.2 Å². The van der Waals surface area contributed by atoms with Gasteiger partial charge in [0, 0.05) is 32.2 Å². The first-order valence-electron chi connectivity index (χ1n) is 6.89. The molecule has 0 unspecified atom stereocenters. The van der Waals surface area contributed by atoms with E-state index in [0.29, 0.717) is 13.1 Å². The minimum Gasteiger partial charge on any atom is -0.330 e. The molecule has 1 aliphatic rings. The number of hydrogen-bond acceptors (Lipinski definition) is 3. The minimum absolute atomic E-state index is 0.466. The maximum absolute atomic E-state index is 12.6. The summed E-state index contributed by atoms with van der Waals surface area (Å²) in [6.45, 7) is 8.25. The van der Waals surface area contributed by atoms with Crippen molar-refractivity contribution < 1.29 is 18.0 Å². The van der Waals surface area contributed by atoms with Crippen LogP contribution in [0.2, 0.25) is 0 Å². The molecule has 0 saturated carbocycles. The third-order valence-electron chi connectivity index (χ3n) is 3.66. The molecule has 0 bridgehead atoms. The van der Waals surface area contributed by atoms with E-state index in [2.05, 4.69) is 5.32 Å². The number of carbonyl (C=O) groups excluding carboxylic acids is 1. The number of amides is 1. The predicted molar refractivity (Wildman–Crippen MR) is 71.4 cm³/mol. The molecule has 0 atom stereocenters. The van der Waals surface area contributed by atoms with Crippen molar-refractivity contribution in [1.29, 1.82) is 0 Å². The Balaban J connectivity index is 2.86. The van der Waals surface area contributed by atoms with Crippen LogP contribution in [0.15, 0.2) is 0 Å². The Morgan fingerprint density at radius 1 is 1.25 bits per heavy atom. The van der Waals surface area contributed by atoms with Crippen LogP contribution in [0.1, 0.15) is 27.7 Å². The van der Waals surface area contributed by atoms with E-state index < -0.39 is 30.2 Å². The summed E-state index contributed by atoms with van der Waals surface area (Å²) < 4.78 is 37.9. The maximum atomic E-state index is 12.6. The van der Waals surface area contributed by atoms with Gasteiger partial charge in [-0.2, -0.15) is 13.2 Å². The first kappa shape index (κ1) is 17.2. The molecule has 118 valence electrons. The number of carbonyl (C=O) groups is 1. The van der Waals surface area contributed by atoms with Gasteiger partial charge in [0.15, 0.2) is 0 Å². The summed E-state index contributed by atoms with van der Waals surface area (Å²) in [7, 11) is 0. The van der Waals surface area contributed by atoms with Crippen molar-refractivity contribution in [1.82, 2.24) is 15.1 Å². The fourth-order valence-electron chi connectivity index (χ4n) is 2.39. The molecule has 1 aliphatic heterocycles. The first-order valence-corrected chi connectivity index (χ1v) is 6.89. The molecular formula is C13H24F3N3O. The molecule has 1 amide bonds. The molecule has 0 aromatic carbocycles. The lowest BCUT2D eigenvalue weighted by molar-refractivity contribution is -0.171. The van der Waals surface area contributed by atoms with Crippen molar-refractivity contribution in [2.24, 2.45) is 0 Å². The number of halogens is 3. The van der Waals surface area contributed by atoms with Crippen LogP contribution in [0.3, 0.4) is 0 Å². The third-order valence-corrected chi connectivity index (χ3v) is 3.66. The van der Waals surface area contributed by atoms with Crippen molar-refractivity contribution in [3.8, 4) is 0 Å².